The molecule has 4 rings (SSSR count). The van der Waals surface area contributed by atoms with Crippen molar-refractivity contribution in [2.45, 2.75) is 63.2 Å². The van der Waals surface area contributed by atoms with E-state index in [-0.39, 0.29) is 24.5 Å². The summed E-state index contributed by atoms with van der Waals surface area (Å²) in [5, 5.41) is 19.8. The quantitative estimate of drug-likeness (QED) is 0.295. The third-order valence-electron chi connectivity index (χ3n) is 7.61. The van der Waals surface area contributed by atoms with Crippen molar-refractivity contribution >= 4 is 5.97 Å². The van der Waals surface area contributed by atoms with Gasteiger partial charge in [-0.1, -0.05) is 66.7 Å². The summed E-state index contributed by atoms with van der Waals surface area (Å²) in [5.74, 6) is -0.515. The maximum absolute atomic E-state index is 11.0. The average molecular weight is 508 g/mol. The fraction of sp³-hybridized carbons (Fsp3) is 0.516. The second-order valence-corrected chi connectivity index (χ2v) is 10.2. The lowest BCUT2D eigenvalue weighted by Gasteiger charge is -2.38. The molecule has 1 aliphatic heterocycles. The van der Waals surface area contributed by atoms with Gasteiger partial charge in [-0.3, -0.25) is 9.69 Å². The van der Waals surface area contributed by atoms with Crippen molar-refractivity contribution in [1.29, 1.82) is 0 Å². The van der Waals surface area contributed by atoms with E-state index in [1.54, 1.807) is 0 Å². The summed E-state index contributed by atoms with van der Waals surface area (Å²) < 4.78 is 12.0. The molecule has 6 heteroatoms. The third-order valence-corrected chi connectivity index (χ3v) is 7.61. The molecule has 0 bridgehead atoms. The average Bonchev–Trinajstić information content (AvgIpc) is 3.24. The summed E-state index contributed by atoms with van der Waals surface area (Å²) in [6.07, 6.45) is 8.78. The maximum atomic E-state index is 11.0. The Morgan fingerprint density at radius 3 is 2.43 bits per heavy atom. The lowest BCUT2D eigenvalue weighted by molar-refractivity contribution is -0.136. The van der Waals surface area contributed by atoms with Crippen LogP contribution in [0.1, 0.15) is 44.1 Å². The molecule has 1 saturated heterocycles. The number of carbonyl (C=O) groups is 1. The Morgan fingerprint density at radius 1 is 1.00 bits per heavy atom. The van der Waals surface area contributed by atoms with Crippen LogP contribution < -0.4 is 0 Å². The second kappa shape index (κ2) is 14.4. The van der Waals surface area contributed by atoms with Crippen molar-refractivity contribution in [3.8, 4) is 11.1 Å². The third kappa shape index (κ3) is 8.24. The normalized spacial score (nSPS) is 24.6. The Kier molecular flexibility index (Phi) is 10.7. The predicted molar refractivity (Wildman–Crippen MR) is 145 cm³/mol. The number of benzene rings is 2. The van der Waals surface area contributed by atoms with Crippen molar-refractivity contribution in [2.75, 3.05) is 32.9 Å². The maximum Gasteiger partial charge on any atom is 0.303 e. The number of allylic oxidation sites excluding steroid dienone is 2. The zero-order chi connectivity index (χ0) is 25.9. The first-order chi connectivity index (χ1) is 18.1. The molecule has 1 heterocycles. The van der Waals surface area contributed by atoms with Crippen molar-refractivity contribution in [2.24, 2.45) is 5.92 Å². The smallest absolute Gasteiger partial charge is 0.303 e. The van der Waals surface area contributed by atoms with Crippen molar-refractivity contribution in [1.82, 2.24) is 4.90 Å². The van der Waals surface area contributed by atoms with E-state index in [2.05, 4.69) is 59.5 Å². The Hall–Kier alpha value is -2.51. The fourth-order valence-electron chi connectivity index (χ4n) is 5.73. The van der Waals surface area contributed by atoms with Crippen LogP contribution in [-0.2, 0) is 20.7 Å². The van der Waals surface area contributed by atoms with Crippen LogP contribution in [0.4, 0.5) is 0 Å². The molecule has 2 aliphatic rings. The number of rotatable bonds is 13. The van der Waals surface area contributed by atoms with Gasteiger partial charge in [0.25, 0.3) is 0 Å². The van der Waals surface area contributed by atoms with Crippen LogP contribution in [0.2, 0.25) is 0 Å². The van der Waals surface area contributed by atoms with Crippen LogP contribution in [0.3, 0.4) is 0 Å². The van der Waals surface area contributed by atoms with Gasteiger partial charge in [0.1, 0.15) is 0 Å². The molecule has 2 fully saturated rings. The minimum Gasteiger partial charge on any atom is -0.481 e. The summed E-state index contributed by atoms with van der Waals surface area (Å²) in [5.41, 5.74) is 3.77. The number of carboxylic acids is 1. The van der Waals surface area contributed by atoms with Gasteiger partial charge < -0.3 is 19.7 Å². The zero-order valence-electron chi connectivity index (χ0n) is 21.7. The summed E-state index contributed by atoms with van der Waals surface area (Å²) in [7, 11) is 0. The van der Waals surface area contributed by atoms with Gasteiger partial charge in [0.2, 0.25) is 0 Å². The van der Waals surface area contributed by atoms with Gasteiger partial charge in [-0.2, -0.15) is 0 Å². The summed E-state index contributed by atoms with van der Waals surface area (Å²) in [4.78, 5) is 13.1. The number of nitrogens with zero attached hydrogens (tertiary/aromatic N) is 1. The van der Waals surface area contributed by atoms with E-state index in [0.29, 0.717) is 32.7 Å². The standard InChI is InChI=1S/C31H41NO5/c33-28-23-29(37-20-8-9-24-14-16-26(17-15-24)25-10-4-3-5-11-25)27(12-6-1-2-7-13-30(34)35)31(28)32-18-21-36-22-19-32/h1-5,10-11,14-17,27-29,31,33H,6-9,12-13,18-23H2,(H,34,35)/t27-,28+,29-,31+/m0/s1. The number of morpholine rings is 1. The van der Waals surface area contributed by atoms with E-state index in [4.69, 9.17) is 14.6 Å². The van der Waals surface area contributed by atoms with Crippen LogP contribution >= 0.6 is 0 Å². The van der Waals surface area contributed by atoms with Crippen molar-refractivity contribution < 1.29 is 24.5 Å². The molecule has 1 saturated carbocycles. The van der Waals surface area contributed by atoms with Crippen molar-refractivity contribution in [3.63, 3.8) is 0 Å². The van der Waals surface area contributed by atoms with Gasteiger partial charge in [-0.05, 0) is 48.8 Å². The highest BCUT2D eigenvalue weighted by Crippen LogP contribution is 2.36. The van der Waals surface area contributed by atoms with Gasteiger partial charge in [0, 0.05) is 44.5 Å². The van der Waals surface area contributed by atoms with Crippen molar-refractivity contribution in [3.05, 3.63) is 72.3 Å². The first kappa shape index (κ1) is 27.5. The molecule has 0 spiro atoms. The molecular formula is C31H41NO5. The second-order valence-electron chi connectivity index (χ2n) is 10.2. The number of aliphatic hydroxyl groups is 1. The van der Waals surface area contributed by atoms with E-state index < -0.39 is 12.1 Å². The van der Waals surface area contributed by atoms with E-state index in [9.17, 15) is 9.90 Å². The topological polar surface area (TPSA) is 79.2 Å². The van der Waals surface area contributed by atoms with Crippen LogP contribution in [-0.4, -0.2) is 72.2 Å². The van der Waals surface area contributed by atoms with E-state index >= 15 is 0 Å². The molecule has 6 nitrogen and oxygen atoms in total. The minimum absolute atomic E-state index is 0.0377. The molecule has 0 radical (unpaired) electrons. The lowest BCUT2D eigenvalue weighted by Crippen LogP contribution is -2.50. The summed E-state index contributed by atoms with van der Waals surface area (Å²) in [6, 6.07) is 19.3. The zero-order valence-corrected chi connectivity index (χ0v) is 21.7. The number of hydrogen-bond acceptors (Lipinski definition) is 5. The molecule has 4 atom stereocenters. The Balaban J connectivity index is 1.28. The van der Waals surface area contributed by atoms with E-state index in [0.717, 1.165) is 38.8 Å². The van der Waals surface area contributed by atoms with Gasteiger partial charge in [0.05, 0.1) is 25.4 Å². The molecule has 2 aromatic rings. The fourth-order valence-corrected chi connectivity index (χ4v) is 5.73. The van der Waals surface area contributed by atoms with Crippen LogP contribution in [0.5, 0.6) is 0 Å². The van der Waals surface area contributed by atoms with E-state index in [1.807, 2.05) is 12.1 Å². The Bertz CT molecular complexity index is 971. The number of aliphatic hydroxyl groups excluding tert-OH is 1. The molecule has 0 amide bonds. The largest absolute Gasteiger partial charge is 0.481 e. The van der Waals surface area contributed by atoms with Gasteiger partial charge in [0.15, 0.2) is 0 Å². The molecule has 1 aliphatic carbocycles. The Morgan fingerprint density at radius 2 is 1.70 bits per heavy atom. The van der Waals surface area contributed by atoms with E-state index in [1.165, 1.54) is 16.7 Å². The Labute approximate surface area is 220 Å². The molecule has 2 aromatic carbocycles. The number of aliphatic carboxylic acids is 1. The summed E-state index contributed by atoms with van der Waals surface area (Å²) in [6.45, 7) is 3.79. The highest BCUT2D eigenvalue weighted by atomic mass is 16.5. The monoisotopic (exact) mass is 507 g/mol. The molecule has 37 heavy (non-hydrogen) atoms. The summed E-state index contributed by atoms with van der Waals surface area (Å²) >= 11 is 0. The first-order valence-electron chi connectivity index (χ1n) is 13.7. The highest BCUT2D eigenvalue weighted by Gasteiger charge is 2.45. The SMILES string of the molecule is O=C(O)CCC=CCC[C@@H]1[C@@H](N2CCOCC2)[C@H](O)C[C@@H]1OCCCc1ccc(-c2ccccc2)cc1. The predicted octanol–water partition coefficient (Wildman–Crippen LogP) is 4.95. The highest BCUT2D eigenvalue weighted by molar-refractivity contribution is 5.66. The van der Waals surface area contributed by atoms with Crippen LogP contribution in [0.15, 0.2) is 66.7 Å². The molecular weight excluding hydrogens is 466 g/mol. The van der Waals surface area contributed by atoms with Gasteiger partial charge >= 0.3 is 5.97 Å². The first-order valence-corrected chi connectivity index (χ1v) is 13.7. The number of ether oxygens (including phenoxy) is 2. The molecule has 200 valence electrons. The number of hydrogen-bond donors (Lipinski definition) is 2. The minimum atomic E-state index is -0.767. The van der Waals surface area contributed by atoms with Crippen LogP contribution in [0.25, 0.3) is 11.1 Å². The molecule has 0 unspecified atom stereocenters. The van der Waals surface area contributed by atoms with Crippen LogP contribution in [0, 0.1) is 5.92 Å². The molecule has 2 N–H and O–H groups in total. The number of aryl methyl sites for hydroxylation is 1. The number of carboxylic acid groups (broad SMARTS) is 1. The molecule has 0 aromatic heterocycles. The van der Waals surface area contributed by atoms with Gasteiger partial charge in [-0.15, -0.1) is 0 Å². The lowest BCUT2D eigenvalue weighted by atomic mass is 9.93. The van der Waals surface area contributed by atoms with Gasteiger partial charge in [-0.25, -0.2) is 0 Å².